The molecule has 0 radical (unpaired) electrons. The van der Waals surface area contributed by atoms with Crippen LogP contribution in [0.3, 0.4) is 0 Å². The zero-order valence-corrected chi connectivity index (χ0v) is 16.4. The quantitative estimate of drug-likeness (QED) is 0.625. The van der Waals surface area contributed by atoms with Crippen LogP contribution in [0.4, 0.5) is 0 Å². The molecule has 0 unspecified atom stereocenters. The van der Waals surface area contributed by atoms with E-state index >= 15 is 0 Å². The zero-order valence-electron chi connectivity index (χ0n) is 15.6. The molecule has 10 nitrogen and oxygen atoms in total. The predicted octanol–water partition coefficient (Wildman–Crippen LogP) is 1.77. The molecule has 3 aromatic rings. The molecular formula is C17H20N6O4S. The van der Waals surface area contributed by atoms with E-state index in [1.807, 2.05) is 0 Å². The lowest BCUT2D eigenvalue weighted by Crippen LogP contribution is -2.40. The summed E-state index contributed by atoms with van der Waals surface area (Å²) in [6.07, 6.45) is 6.84. The van der Waals surface area contributed by atoms with Crippen molar-refractivity contribution >= 4 is 10.0 Å². The van der Waals surface area contributed by atoms with Gasteiger partial charge in [0.2, 0.25) is 21.7 Å². The van der Waals surface area contributed by atoms with Crippen LogP contribution in [0, 0.1) is 19.8 Å². The van der Waals surface area contributed by atoms with E-state index in [2.05, 4.69) is 25.3 Å². The molecule has 0 spiro atoms. The first-order valence-electron chi connectivity index (χ1n) is 8.97. The Bertz CT molecular complexity index is 1040. The van der Waals surface area contributed by atoms with Crippen molar-refractivity contribution in [2.45, 2.75) is 38.0 Å². The molecule has 0 saturated carbocycles. The van der Waals surface area contributed by atoms with Gasteiger partial charge in [-0.05, 0) is 32.6 Å². The highest BCUT2D eigenvalue weighted by Crippen LogP contribution is 2.29. The highest BCUT2D eigenvalue weighted by atomic mass is 32.2. The van der Waals surface area contributed by atoms with Crippen LogP contribution in [-0.2, 0) is 16.4 Å². The summed E-state index contributed by atoms with van der Waals surface area (Å²) in [5.74, 6) is 1.23. The molecule has 1 fully saturated rings. The molecule has 1 atom stereocenters. The van der Waals surface area contributed by atoms with Crippen molar-refractivity contribution in [1.29, 1.82) is 0 Å². The number of rotatable bonds is 5. The average Bonchev–Trinajstić information content (AvgIpc) is 3.29. The standard InChI is InChI=1S/C17H20N6O4S/c1-11-16(12(2)26-21-11)28(24,25)23-7-3-4-13(10-23)8-15-20-17(22-27-15)14-9-18-5-6-19-14/h5-6,9,13H,3-4,7-8,10H2,1-2H3/t13-/m1/s1. The van der Waals surface area contributed by atoms with E-state index in [0.717, 1.165) is 12.8 Å². The van der Waals surface area contributed by atoms with Crippen molar-refractivity contribution < 1.29 is 17.5 Å². The maximum atomic E-state index is 13.0. The molecule has 0 aliphatic carbocycles. The van der Waals surface area contributed by atoms with E-state index in [0.29, 0.717) is 48.4 Å². The first-order valence-corrected chi connectivity index (χ1v) is 10.4. The Balaban J connectivity index is 1.48. The fourth-order valence-electron chi connectivity index (χ4n) is 3.49. The van der Waals surface area contributed by atoms with Gasteiger partial charge in [0.1, 0.15) is 16.3 Å². The molecule has 3 aromatic heterocycles. The molecule has 0 N–H and O–H groups in total. The molecule has 0 amide bonds. The smallest absolute Gasteiger partial charge is 0.248 e. The fraction of sp³-hybridized carbons (Fsp3) is 0.471. The van der Waals surface area contributed by atoms with Crippen LogP contribution in [-0.4, -0.2) is 51.1 Å². The Kier molecular flexibility index (Phi) is 4.94. The van der Waals surface area contributed by atoms with Gasteiger partial charge in [-0.25, -0.2) is 13.4 Å². The summed E-state index contributed by atoms with van der Waals surface area (Å²) in [5.41, 5.74) is 0.911. The van der Waals surface area contributed by atoms with Gasteiger partial charge < -0.3 is 9.05 Å². The van der Waals surface area contributed by atoms with Gasteiger partial charge in [-0.1, -0.05) is 10.3 Å². The molecule has 28 heavy (non-hydrogen) atoms. The third-order valence-electron chi connectivity index (χ3n) is 4.77. The van der Waals surface area contributed by atoms with Crippen LogP contribution in [0.5, 0.6) is 0 Å². The molecule has 4 rings (SSSR count). The maximum Gasteiger partial charge on any atom is 0.248 e. The minimum absolute atomic E-state index is 0.0826. The molecule has 1 aliphatic rings. The Labute approximate surface area is 162 Å². The van der Waals surface area contributed by atoms with Crippen molar-refractivity contribution in [2.75, 3.05) is 13.1 Å². The summed E-state index contributed by atoms with van der Waals surface area (Å²) in [4.78, 5) is 12.7. The van der Waals surface area contributed by atoms with Gasteiger partial charge >= 0.3 is 0 Å². The number of aryl methyl sites for hydroxylation is 2. The molecule has 1 aliphatic heterocycles. The highest BCUT2D eigenvalue weighted by molar-refractivity contribution is 7.89. The van der Waals surface area contributed by atoms with Gasteiger partial charge in [-0.3, -0.25) is 4.98 Å². The maximum absolute atomic E-state index is 13.0. The van der Waals surface area contributed by atoms with E-state index in [-0.39, 0.29) is 10.8 Å². The highest BCUT2D eigenvalue weighted by Gasteiger charge is 2.35. The Morgan fingerprint density at radius 1 is 1.21 bits per heavy atom. The van der Waals surface area contributed by atoms with Crippen LogP contribution in [0.25, 0.3) is 11.5 Å². The SMILES string of the molecule is Cc1noc(C)c1S(=O)(=O)N1CCC[C@H](Cc2nc(-c3cnccn3)no2)C1. The molecule has 0 bridgehead atoms. The molecule has 4 heterocycles. The number of aromatic nitrogens is 5. The number of piperidine rings is 1. The normalized spacial score (nSPS) is 18.4. The van der Waals surface area contributed by atoms with Crippen molar-refractivity contribution in [3.63, 3.8) is 0 Å². The second-order valence-corrected chi connectivity index (χ2v) is 8.71. The minimum atomic E-state index is -3.65. The second kappa shape index (κ2) is 7.40. The van der Waals surface area contributed by atoms with E-state index < -0.39 is 10.0 Å². The lowest BCUT2D eigenvalue weighted by molar-refractivity contribution is 0.246. The number of hydrogen-bond acceptors (Lipinski definition) is 9. The Morgan fingerprint density at radius 3 is 2.79 bits per heavy atom. The average molecular weight is 404 g/mol. The largest absolute Gasteiger partial charge is 0.360 e. The van der Waals surface area contributed by atoms with Crippen molar-refractivity contribution in [1.82, 2.24) is 29.6 Å². The van der Waals surface area contributed by atoms with Crippen LogP contribution in [0.1, 0.15) is 30.2 Å². The zero-order chi connectivity index (χ0) is 19.7. The predicted molar refractivity (Wildman–Crippen MR) is 96.5 cm³/mol. The van der Waals surface area contributed by atoms with Crippen LogP contribution in [0.2, 0.25) is 0 Å². The van der Waals surface area contributed by atoms with Gasteiger partial charge in [-0.2, -0.15) is 9.29 Å². The summed E-state index contributed by atoms with van der Waals surface area (Å²) < 4.78 is 37.9. The molecular weight excluding hydrogens is 384 g/mol. The Morgan fingerprint density at radius 2 is 2.07 bits per heavy atom. The first-order chi connectivity index (χ1) is 13.4. The Hall–Kier alpha value is -2.66. The van der Waals surface area contributed by atoms with Crippen molar-refractivity contribution in [3.05, 3.63) is 35.9 Å². The number of sulfonamides is 1. The van der Waals surface area contributed by atoms with Gasteiger partial charge in [-0.15, -0.1) is 0 Å². The third kappa shape index (κ3) is 3.54. The summed E-state index contributed by atoms with van der Waals surface area (Å²) in [5, 5.41) is 7.71. The van der Waals surface area contributed by atoms with Gasteiger partial charge in [0, 0.05) is 31.9 Å². The van der Waals surface area contributed by atoms with E-state index in [1.165, 1.54) is 4.31 Å². The van der Waals surface area contributed by atoms with E-state index in [9.17, 15) is 8.42 Å². The first kappa shape index (κ1) is 18.7. The molecule has 11 heteroatoms. The lowest BCUT2D eigenvalue weighted by atomic mass is 9.96. The van der Waals surface area contributed by atoms with Crippen LogP contribution < -0.4 is 0 Å². The second-order valence-electron chi connectivity index (χ2n) is 6.83. The van der Waals surface area contributed by atoms with Gasteiger partial charge in [0.05, 0.1) is 6.20 Å². The minimum Gasteiger partial charge on any atom is -0.360 e. The van der Waals surface area contributed by atoms with Crippen molar-refractivity contribution in [3.8, 4) is 11.5 Å². The van der Waals surface area contributed by atoms with Gasteiger partial charge in [0.25, 0.3) is 0 Å². The van der Waals surface area contributed by atoms with Crippen molar-refractivity contribution in [2.24, 2.45) is 5.92 Å². The van der Waals surface area contributed by atoms with Crippen LogP contribution >= 0.6 is 0 Å². The monoisotopic (exact) mass is 404 g/mol. The number of hydrogen-bond donors (Lipinski definition) is 0. The molecule has 1 saturated heterocycles. The molecule has 148 valence electrons. The summed E-state index contributed by atoms with van der Waals surface area (Å²) in [6, 6.07) is 0. The molecule has 0 aromatic carbocycles. The summed E-state index contributed by atoms with van der Waals surface area (Å²) in [6.45, 7) is 4.10. The van der Waals surface area contributed by atoms with E-state index in [1.54, 1.807) is 32.4 Å². The summed E-state index contributed by atoms with van der Waals surface area (Å²) in [7, 11) is -3.65. The lowest BCUT2D eigenvalue weighted by Gasteiger charge is -2.31. The third-order valence-corrected chi connectivity index (χ3v) is 6.88. The summed E-state index contributed by atoms with van der Waals surface area (Å²) >= 11 is 0. The van der Waals surface area contributed by atoms with E-state index in [4.69, 9.17) is 9.05 Å². The topological polar surface area (TPSA) is 128 Å². The van der Waals surface area contributed by atoms with Crippen LogP contribution in [0.15, 0.2) is 32.5 Å². The fourth-order valence-corrected chi connectivity index (χ4v) is 5.33. The number of nitrogens with zero attached hydrogens (tertiary/aromatic N) is 6. The van der Waals surface area contributed by atoms with Gasteiger partial charge in [0.15, 0.2) is 5.76 Å².